The molecule has 1 N–H and O–H groups in total. The third kappa shape index (κ3) is 5.15. The van der Waals surface area contributed by atoms with Crippen molar-refractivity contribution in [1.82, 2.24) is 15.5 Å². The number of amides is 1. The van der Waals surface area contributed by atoms with Crippen LogP contribution in [0.3, 0.4) is 0 Å². The van der Waals surface area contributed by atoms with Crippen molar-refractivity contribution in [1.29, 1.82) is 0 Å². The van der Waals surface area contributed by atoms with Gasteiger partial charge in [-0.3, -0.25) is 4.79 Å². The number of halogens is 3. The molecule has 3 aromatic rings. The van der Waals surface area contributed by atoms with Crippen LogP contribution in [0.4, 0.5) is 13.2 Å². The Bertz CT molecular complexity index is 1080. The maximum Gasteiger partial charge on any atom is 0.420 e. The zero-order valence-electron chi connectivity index (χ0n) is 17.5. The Kier molecular flexibility index (Phi) is 6.52. The minimum atomic E-state index is -4.58. The quantitative estimate of drug-likeness (QED) is 0.360. The molecule has 1 unspecified atom stereocenters. The van der Waals surface area contributed by atoms with Crippen molar-refractivity contribution in [2.75, 3.05) is 6.54 Å². The van der Waals surface area contributed by atoms with Crippen LogP contribution in [-0.2, 0) is 6.18 Å². The smallest absolute Gasteiger partial charge is 0.420 e. The van der Waals surface area contributed by atoms with Crippen molar-refractivity contribution >= 4 is 16.9 Å². The number of carbonyl (C=O) groups is 1. The summed E-state index contributed by atoms with van der Waals surface area (Å²) in [5.41, 5.74) is -0.684. The maximum atomic E-state index is 13.5. The van der Waals surface area contributed by atoms with E-state index in [9.17, 15) is 18.0 Å². The van der Waals surface area contributed by atoms with Gasteiger partial charge >= 0.3 is 6.18 Å². The van der Waals surface area contributed by atoms with Gasteiger partial charge in [0, 0.05) is 18.9 Å². The van der Waals surface area contributed by atoms with Gasteiger partial charge in [0.05, 0.1) is 11.5 Å². The second-order valence-corrected chi connectivity index (χ2v) is 7.65. The Balaban J connectivity index is 1.69. The Labute approximate surface area is 177 Å². The molecule has 0 aliphatic heterocycles. The highest BCUT2D eigenvalue weighted by Crippen LogP contribution is 2.38. The van der Waals surface area contributed by atoms with Crippen molar-refractivity contribution in [3.8, 4) is 0 Å². The summed E-state index contributed by atoms with van der Waals surface area (Å²) in [4.78, 5) is 12.4. The molecule has 0 aliphatic carbocycles. The van der Waals surface area contributed by atoms with Crippen LogP contribution >= 0.6 is 0 Å². The molecule has 0 saturated carbocycles. The molecule has 0 saturated heterocycles. The van der Waals surface area contributed by atoms with E-state index in [1.165, 1.54) is 6.07 Å². The summed E-state index contributed by atoms with van der Waals surface area (Å²) in [5, 5.41) is 10.7. The molecule has 2 heterocycles. The van der Waals surface area contributed by atoms with Crippen molar-refractivity contribution in [2.45, 2.75) is 51.6 Å². The molecule has 2 aromatic heterocycles. The molecule has 1 aromatic carbocycles. The number of aromatic nitrogens is 2. The summed E-state index contributed by atoms with van der Waals surface area (Å²) >= 11 is 0. The lowest BCUT2D eigenvalue weighted by Crippen LogP contribution is -2.24. The fourth-order valence-electron chi connectivity index (χ4n) is 3.25. The van der Waals surface area contributed by atoms with Gasteiger partial charge in [-0.05, 0) is 42.5 Å². The van der Waals surface area contributed by atoms with E-state index >= 15 is 0 Å². The first-order valence-electron chi connectivity index (χ1n) is 9.95. The number of alkyl halides is 3. The summed E-state index contributed by atoms with van der Waals surface area (Å²) in [5.74, 6) is -0.0599. The van der Waals surface area contributed by atoms with Gasteiger partial charge in [0.15, 0.2) is 5.76 Å². The number of carbonyl (C=O) groups excluding carboxylic acids is 1. The Morgan fingerprint density at radius 3 is 2.55 bits per heavy atom. The van der Waals surface area contributed by atoms with Gasteiger partial charge in [-0.1, -0.05) is 19.9 Å². The molecule has 0 fully saturated rings. The number of hydrogen-bond donors (Lipinski definition) is 1. The first-order chi connectivity index (χ1) is 14.6. The molecular weight excluding hydrogens is 411 g/mol. The molecule has 31 heavy (non-hydrogen) atoms. The molecule has 0 radical (unpaired) electrons. The third-order valence-corrected chi connectivity index (χ3v) is 4.96. The zero-order chi connectivity index (χ0) is 22.8. The molecule has 0 spiro atoms. The molecule has 9 heteroatoms. The summed E-state index contributed by atoms with van der Waals surface area (Å²) in [7, 11) is 0. The molecule has 166 valence electrons. The number of allylic oxidation sites excluding steroid dienone is 1. The van der Waals surface area contributed by atoms with Crippen LogP contribution < -0.4 is 5.32 Å². The van der Waals surface area contributed by atoms with Crippen molar-refractivity contribution in [2.24, 2.45) is 0 Å². The van der Waals surface area contributed by atoms with Crippen LogP contribution in [0, 0.1) is 6.92 Å². The Morgan fingerprint density at radius 2 is 1.97 bits per heavy atom. The van der Waals surface area contributed by atoms with Crippen LogP contribution in [-0.4, -0.2) is 22.6 Å². The summed E-state index contributed by atoms with van der Waals surface area (Å²) < 4.78 is 51.2. The number of rotatable bonds is 8. The van der Waals surface area contributed by atoms with Crippen LogP contribution in [0.1, 0.15) is 72.0 Å². The number of furan rings is 1. The van der Waals surface area contributed by atoms with Gasteiger partial charge in [-0.15, -0.1) is 16.8 Å². The lowest BCUT2D eigenvalue weighted by atomic mass is 9.98. The van der Waals surface area contributed by atoms with Gasteiger partial charge in [0.2, 0.25) is 11.8 Å². The average Bonchev–Trinajstić information content (AvgIpc) is 3.32. The van der Waals surface area contributed by atoms with E-state index < -0.39 is 17.6 Å². The van der Waals surface area contributed by atoms with Gasteiger partial charge in [0.1, 0.15) is 5.58 Å². The maximum absolute atomic E-state index is 13.5. The lowest BCUT2D eigenvalue weighted by Gasteiger charge is -2.11. The normalized spacial score (nSPS) is 13.0. The molecule has 3 rings (SSSR count). The number of fused-ring (bicyclic) bond motifs is 1. The lowest BCUT2D eigenvalue weighted by molar-refractivity contribution is -0.136. The highest BCUT2D eigenvalue weighted by Gasteiger charge is 2.35. The van der Waals surface area contributed by atoms with E-state index in [-0.39, 0.29) is 28.6 Å². The molecular formula is C22H24F3N3O3. The van der Waals surface area contributed by atoms with Crippen LogP contribution in [0.15, 0.2) is 39.7 Å². The summed E-state index contributed by atoms with van der Waals surface area (Å²) in [6.07, 6.45) is -1.70. The summed E-state index contributed by atoms with van der Waals surface area (Å²) in [6.45, 7) is 9.37. The number of aryl methyl sites for hydroxylation is 1. The predicted octanol–water partition coefficient (Wildman–Crippen LogP) is 5.75. The van der Waals surface area contributed by atoms with E-state index in [2.05, 4.69) is 22.1 Å². The van der Waals surface area contributed by atoms with Gasteiger partial charge in [-0.25, -0.2) is 0 Å². The van der Waals surface area contributed by atoms with E-state index in [1.807, 2.05) is 0 Å². The topological polar surface area (TPSA) is 81.2 Å². The third-order valence-electron chi connectivity index (χ3n) is 4.96. The van der Waals surface area contributed by atoms with E-state index in [4.69, 9.17) is 8.83 Å². The number of benzene rings is 1. The van der Waals surface area contributed by atoms with E-state index in [0.29, 0.717) is 36.7 Å². The first kappa shape index (κ1) is 22.6. The van der Waals surface area contributed by atoms with Crippen LogP contribution in [0.2, 0.25) is 0 Å². The van der Waals surface area contributed by atoms with Gasteiger partial charge in [-0.2, -0.15) is 13.2 Å². The average molecular weight is 435 g/mol. The second kappa shape index (κ2) is 8.95. The second-order valence-electron chi connectivity index (χ2n) is 7.65. The summed E-state index contributed by atoms with van der Waals surface area (Å²) in [6, 6.07) is 4.04. The number of nitrogens with zero attached hydrogens (tertiary/aromatic N) is 2. The fraction of sp³-hybridized carbons (Fsp3) is 0.409. The highest BCUT2D eigenvalue weighted by atomic mass is 19.4. The molecule has 1 amide bonds. The molecule has 0 aliphatic rings. The Morgan fingerprint density at radius 1 is 1.23 bits per heavy atom. The standard InChI is InChI=1S/C22H24F3N3O3/c1-5-14(21-28-27-13(4)30-21)7-6-8-26-20(29)18-11-16-9-15(12(2)3)10-17(19(16)31-18)22(23,24)25/h5,9-12,14H,1,6-8H2,2-4H3,(H,26,29). The molecule has 1 atom stereocenters. The molecule has 0 bridgehead atoms. The SMILES string of the molecule is C=CC(CCCNC(=O)c1cc2cc(C(C)C)cc(C(F)(F)F)c2o1)c1nnc(C)o1. The van der Waals surface area contributed by atoms with E-state index in [0.717, 1.165) is 6.07 Å². The zero-order valence-corrected chi connectivity index (χ0v) is 17.5. The van der Waals surface area contributed by atoms with Gasteiger partial charge in [0.25, 0.3) is 5.91 Å². The highest BCUT2D eigenvalue weighted by molar-refractivity contribution is 5.97. The monoisotopic (exact) mass is 435 g/mol. The number of nitrogens with one attached hydrogen (secondary N) is 1. The minimum Gasteiger partial charge on any atom is -0.450 e. The predicted molar refractivity (Wildman–Crippen MR) is 109 cm³/mol. The largest absolute Gasteiger partial charge is 0.450 e. The van der Waals surface area contributed by atoms with Gasteiger partial charge < -0.3 is 14.2 Å². The van der Waals surface area contributed by atoms with E-state index in [1.54, 1.807) is 32.9 Å². The van der Waals surface area contributed by atoms with Crippen LogP contribution in [0.25, 0.3) is 11.0 Å². The number of hydrogen-bond acceptors (Lipinski definition) is 5. The minimum absolute atomic E-state index is 0.0990. The van der Waals surface area contributed by atoms with Crippen molar-refractivity contribution < 1.29 is 26.8 Å². The Hall–Kier alpha value is -3.10. The van der Waals surface area contributed by atoms with Crippen LogP contribution in [0.5, 0.6) is 0 Å². The fourth-order valence-corrected chi connectivity index (χ4v) is 3.25. The first-order valence-corrected chi connectivity index (χ1v) is 9.95. The molecule has 6 nitrogen and oxygen atoms in total. The van der Waals surface area contributed by atoms with Crippen molar-refractivity contribution in [3.63, 3.8) is 0 Å². The van der Waals surface area contributed by atoms with Crippen molar-refractivity contribution in [3.05, 3.63) is 59.5 Å².